The van der Waals surface area contributed by atoms with Gasteiger partial charge in [-0.25, -0.2) is 14.0 Å². The maximum Gasteiger partial charge on any atom is 0.408 e. The molecule has 0 bridgehead atoms. The van der Waals surface area contributed by atoms with Gasteiger partial charge in [0.25, 0.3) is 0 Å². The number of carbonyl (C=O) groups excluding carboxylic acids is 1. The second-order valence-corrected chi connectivity index (χ2v) is 9.72. The first kappa shape index (κ1) is 22.4. The van der Waals surface area contributed by atoms with Crippen LogP contribution >= 0.6 is 11.8 Å². The van der Waals surface area contributed by atoms with Gasteiger partial charge in [-0.3, -0.25) is 4.79 Å². The summed E-state index contributed by atoms with van der Waals surface area (Å²) in [5.41, 5.74) is -2.89. The molecule has 4 N–H and O–H groups in total. The molecule has 1 amide bonds. The van der Waals surface area contributed by atoms with Crippen molar-refractivity contribution >= 4 is 29.8 Å². The highest BCUT2D eigenvalue weighted by molar-refractivity contribution is 7.99. The molecule has 3 rings (SSSR count). The number of thioether (sulfide) groups is 1. The molecule has 2 aliphatic carbocycles. The van der Waals surface area contributed by atoms with E-state index in [-0.39, 0.29) is 5.75 Å². The Labute approximate surface area is 176 Å². The number of halogens is 1. The van der Waals surface area contributed by atoms with Gasteiger partial charge in [-0.2, -0.15) is 0 Å². The van der Waals surface area contributed by atoms with Crippen molar-refractivity contribution in [1.82, 2.24) is 5.32 Å². The molecule has 0 heterocycles. The molecule has 164 valence electrons. The summed E-state index contributed by atoms with van der Waals surface area (Å²) >= 11 is 1.19. The van der Waals surface area contributed by atoms with Gasteiger partial charge >= 0.3 is 18.0 Å². The van der Waals surface area contributed by atoms with E-state index in [9.17, 15) is 34.1 Å². The second kappa shape index (κ2) is 7.73. The number of ether oxygens (including phenoxy) is 1. The van der Waals surface area contributed by atoms with Gasteiger partial charge in [0, 0.05) is 28.4 Å². The van der Waals surface area contributed by atoms with Crippen LogP contribution in [-0.4, -0.2) is 56.3 Å². The molecule has 2 fully saturated rings. The number of alkyl carbamates (subject to hydrolysis) is 1. The molecule has 0 radical (unpaired) electrons. The van der Waals surface area contributed by atoms with Crippen LogP contribution in [0.1, 0.15) is 20.8 Å². The van der Waals surface area contributed by atoms with Crippen molar-refractivity contribution < 1.29 is 38.8 Å². The summed E-state index contributed by atoms with van der Waals surface area (Å²) in [4.78, 5) is 37.1. The lowest BCUT2D eigenvalue weighted by molar-refractivity contribution is -0.150. The van der Waals surface area contributed by atoms with E-state index in [0.717, 1.165) is 0 Å². The predicted molar refractivity (Wildman–Crippen MR) is 104 cm³/mol. The molecule has 0 spiro atoms. The minimum Gasteiger partial charge on any atom is -0.481 e. The van der Waals surface area contributed by atoms with Crippen LogP contribution in [0.15, 0.2) is 29.2 Å². The van der Waals surface area contributed by atoms with Crippen molar-refractivity contribution in [1.29, 1.82) is 0 Å². The molecule has 1 aromatic rings. The molecule has 0 unspecified atom stereocenters. The highest BCUT2D eigenvalue weighted by Crippen LogP contribution is 2.65. The Balaban J connectivity index is 1.90. The van der Waals surface area contributed by atoms with Crippen LogP contribution < -0.4 is 5.32 Å². The molecule has 2 aliphatic rings. The summed E-state index contributed by atoms with van der Waals surface area (Å²) in [5, 5.41) is 32.7. The summed E-state index contributed by atoms with van der Waals surface area (Å²) < 4.78 is 18.3. The first-order valence-electron chi connectivity index (χ1n) is 9.42. The van der Waals surface area contributed by atoms with Crippen LogP contribution in [0.2, 0.25) is 0 Å². The lowest BCUT2D eigenvalue weighted by atomic mass is 9.80. The Morgan fingerprint density at radius 2 is 1.80 bits per heavy atom. The number of carboxylic acids is 2. The predicted octanol–water partition coefficient (Wildman–Crippen LogP) is 2.20. The number of nitrogens with one attached hydrogen (secondary N) is 1. The number of aliphatic hydroxyl groups is 1. The molecular formula is C20H24FNO7S. The van der Waals surface area contributed by atoms with E-state index < -0.39 is 64.8 Å². The monoisotopic (exact) mass is 441 g/mol. The van der Waals surface area contributed by atoms with Crippen LogP contribution in [0.3, 0.4) is 0 Å². The fourth-order valence-electron chi connectivity index (χ4n) is 4.40. The first-order valence-corrected chi connectivity index (χ1v) is 10.4. The highest BCUT2D eigenvalue weighted by atomic mass is 32.2. The van der Waals surface area contributed by atoms with E-state index in [2.05, 4.69) is 5.32 Å². The summed E-state index contributed by atoms with van der Waals surface area (Å²) in [7, 11) is 0. The average molecular weight is 441 g/mol. The van der Waals surface area contributed by atoms with Gasteiger partial charge in [0.1, 0.15) is 11.4 Å². The van der Waals surface area contributed by atoms with E-state index in [1.807, 2.05) is 0 Å². The Hall–Kier alpha value is -2.33. The van der Waals surface area contributed by atoms with Gasteiger partial charge < -0.3 is 25.4 Å². The smallest absolute Gasteiger partial charge is 0.408 e. The summed E-state index contributed by atoms with van der Waals surface area (Å²) in [6.07, 6.45) is -2.24. The SMILES string of the molecule is CC(C)(C)OC(=O)N[C@]1(C(=O)O)[C@@H]2[C@@H](C(=O)O)[C@@H]2[C@H](O)[C@H]1CSc1ccc(F)cc1. The zero-order chi connectivity index (χ0) is 22.4. The van der Waals surface area contributed by atoms with Crippen molar-refractivity contribution in [2.75, 3.05) is 5.75 Å². The lowest BCUT2D eigenvalue weighted by Crippen LogP contribution is -2.63. The van der Waals surface area contributed by atoms with Crippen LogP contribution in [0, 0.1) is 29.5 Å². The number of fused-ring (bicyclic) bond motifs is 1. The van der Waals surface area contributed by atoms with E-state index in [0.29, 0.717) is 4.90 Å². The Kier molecular flexibility index (Phi) is 5.76. The van der Waals surface area contributed by atoms with Crippen LogP contribution in [0.5, 0.6) is 0 Å². The van der Waals surface area contributed by atoms with Crippen molar-refractivity contribution in [3.05, 3.63) is 30.1 Å². The topological polar surface area (TPSA) is 133 Å². The van der Waals surface area contributed by atoms with Crippen molar-refractivity contribution in [2.45, 2.75) is 42.9 Å². The van der Waals surface area contributed by atoms with Crippen molar-refractivity contribution in [2.24, 2.45) is 23.7 Å². The number of benzene rings is 1. The fraction of sp³-hybridized carbons (Fsp3) is 0.550. The minimum atomic E-state index is -2.00. The molecule has 8 nitrogen and oxygen atoms in total. The van der Waals surface area contributed by atoms with Gasteiger partial charge in [0.05, 0.1) is 12.0 Å². The number of aliphatic hydroxyl groups excluding tert-OH is 1. The van der Waals surface area contributed by atoms with Crippen LogP contribution in [0.4, 0.5) is 9.18 Å². The molecular weight excluding hydrogens is 417 g/mol. The summed E-state index contributed by atoms with van der Waals surface area (Å²) in [6, 6.07) is 5.56. The third-order valence-electron chi connectivity index (χ3n) is 5.58. The van der Waals surface area contributed by atoms with Crippen LogP contribution in [-0.2, 0) is 14.3 Å². The third kappa shape index (κ3) is 3.98. The Morgan fingerprint density at radius 1 is 1.20 bits per heavy atom. The minimum absolute atomic E-state index is 0.0776. The quantitative estimate of drug-likeness (QED) is 0.494. The fourth-order valence-corrected chi connectivity index (χ4v) is 5.56. The van der Waals surface area contributed by atoms with Crippen LogP contribution in [0.25, 0.3) is 0 Å². The zero-order valence-electron chi connectivity index (χ0n) is 16.7. The lowest BCUT2D eigenvalue weighted by Gasteiger charge is -2.37. The van der Waals surface area contributed by atoms with E-state index in [1.54, 1.807) is 20.8 Å². The van der Waals surface area contributed by atoms with Gasteiger partial charge in [-0.15, -0.1) is 11.8 Å². The van der Waals surface area contributed by atoms with E-state index in [1.165, 1.54) is 36.0 Å². The molecule has 30 heavy (non-hydrogen) atoms. The Bertz CT molecular complexity index is 856. The maximum atomic E-state index is 13.1. The molecule has 0 aromatic heterocycles. The highest BCUT2D eigenvalue weighted by Gasteiger charge is 2.79. The standard InChI is InChI=1S/C20H24FNO7S/c1-19(2,3)29-18(28)22-20(17(26)27)11(8-30-10-6-4-9(21)5-7-10)15(23)12-13(14(12)20)16(24)25/h4-7,11-15,23H,8H2,1-3H3,(H,22,28)(H,24,25)(H,26,27)/t11-,12+,13+,14+,15-,20+/m1/s1. The normalized spacial score (nSPS) is 32.2. The van der Waals surface area contributed by atoms with E-state index >= 15 is 0 Å². The van der Waals surface area contributed by atoms with Crippen molar-refractivity contribution in [3.63, 3.8) is 0 Å². The van der Waals surface area contributed by atoms with E-state index in [4.69, 9.17) is 4.74 Å². The van der Waals surface area contributed by atoms with Gasteiger partial charge in [-0.05, 0) is 45.0 Å². The number of amides is 1. The Morgan fingerprint density at radius 3 is 2.30 bits per heavy atom. The number of hydrogen-bond donors (Lipinski definition) is 4. The van der Waals surface area contributed by atoms with Gasteiger partial charge in [0.15, 0.2) is 5.54 Å². The molecule has 0 saturated heterocycles. The van der Waals surface area contributed by atoms with Gasteiger partial charge in [0.2, 0.25) is 0 Å². The van der Waals surface area contributed by atoms with Crippen molar-refractivity contribution in [3.8, 4) is 0 Å². The average Bonchev–Trinajstić information content (AvgIpc) is 3.31. The molecule has 10 heteroatoms. The zero-order valence-corrected chi connectivity index (χ0v) is 17.5. The number of aliphatic carboxylic acids is 2. The molecule has 0 aliphatic heterocycles. The largest absolute Gasteiger partial charge is 0.481 e. The summed E-state index contributed by atoms with van der Waals surface area (Å²) in [5.74, 6) is -6.77. The maximum absolute atomic E-state index is 13.1. The number of carboxylic acid groups (broad SMARTS) is 2. The number of rotatable bonds is 6. The third-order valence-corrected chi connectivity index (χ3v) is 6.71. The summed E-state index contributed by atoms with van der Waals surface area (Å²) in [6.45, 7) is 4.85. The first-order chi connectivity index (χ1) is 13.9. The molecule has 6 atom stereocenters. The number of carbonyl (C=O) groups is 3. The van der Waals surface area contributed by atoms with Gasteiger partial charge in [-0.1, -0.05) is 0 Å². The second-order valence-electron chi connectivity index (χ2n) is 8.63. The molecule has 1 aromatic carbocycles. The number of hydrogen-bond acceptors (Lipinski definition) is 6. The molecule has 2 saturated carbocycles.